The van der Waals surface area contributed by atoms with Crippen molar-refractivity contribution < 1.29 is 16.5 Å². The molecule has 426 valence electrons. The Bertz CT molecular complexity index is 1600. The van der Waals surface area contributed by atoms with Crippen LogP contribution in [0.1, 0.15) is 353 Å². The molecule has 0 saturated heterocycles. The molecule has 74 heavy (non-hydrogen) atoms. The van der Waals surface area contributed by atoms with E-state index in [1.807, 2.05) is 0 Å². The molecule has 3 heteroatoms. The van der Waals surface area contributed by atoms with E-state index in [-0.39, 0.29) is 16.5 Å². The van der Waals surface area contributed by atoms with E-state index in [4.69, 9.17) is 9.98 Å². The number of benzene rings is 2. The molecule has 0 atom stereocenters. The van der Waals surface area contributed by atoms with Crippen LogP contribution >= 0.6 is 0 Å². The van der Waals surface area contributed by atoms with Crippen LogP contribution in [0, 0.1) is 0 Å². The van der Waals surface area contributed by atoms with E-state index in [1.54, 1.807) is 0 Å². The molecule has 0 radical (unpaired) electrons. The number of rotatable bonds is 54. The van der Waals surface area contributed by atoms with Gasteiger partial charge in [-0.3, -0.25) is 9.98 Å². The predicted molar refractivity (Wildman–Crippen MR) is 334 cm³/mol. The topological polar surface area (TPSA) is 24.7 Å². The van der Waals surface area contributed by atoms with Crippen LogP contribution in [-0.2, 0) is 16.5 Å². The summed E-state index contributed by atoms with van der Waals surface area (Å²) in [5.74, 6) is 0. The van der Waals surface area contributed by atoms with Crippen molar-refractivity contribution in [1.29, 1.82) is 0 Å². The van der Waals surface area contributed by atoms with Gasteiger partial charge in [-0.2, -0.15) is 0 Å². The molecule has 0 aliphatic heterocycles. The molecule has 0 amide bonds. The summed E-state index contributed by atoms with van der Waals surface area (Å²) in [6.45, 7) is 8.91. The molecule has 0 saturated carbocycles. The standard InChI is InChI=1S/C71H122N2.Ni/c1-5-8-10-12-14-16-18-20-22-24-26-28-30-32-34-36-38-40-42-44-46-48-50-52-54-58-67-60-56-62-69(64-67)72-66(4)71(7-3)73-70-63-57-61-68(65-70)59-55-53-51-49-47-45-43-41-39-37-35-33-31-29-27-25-23-21-19-17-15-13-11-9-6-2;/h54-65H,5-53H2,1-4H3;. The maximum Gasteiger partial charge on any atom is 0.0639 e. The van der Waals surface area contributed by atoms with Gasteiger partial charge in [-0.1, -0.05) is 352 Å². The first-order valence-corrected chi connectivity index (χ1v) is 32.8. The van der Waals surface area contributed by atoms with Crippen LogP contribution in [0.2, 0.25) is 0 Å². The Kier molecular flexibility index (Phi) is 52.3. The van der Waals surface area contributed by atoms with Gasteiger partial charge in [0.25, 0.3) is 0 Å². The van der Waals surface area contributed by atoms with E-state index in [2.05, 4.69) is 101 Å². The summed E-state index contributed by atoms with van der Waals surface area (Å²) in [6, 6.07) is 17.3. The quantitative estimate of drug-likeness (QED) is 0.0358. The molecule has 0 heterocycles. The number of aliphatic imine (C=N–C) groups is 2. The van der Waals surface area contributed by atoms with E-state index in [1.165, 1.54) is 306 Å². The molecule has 0 unspecified atom stereocenters. The second-order valence-corrected chi connectivity index (χ2v) is 22.7. The van der Waals surface area contributed by atoms with Gasteiger partial charge < -0.3 is 0 Å². The molecule has 0 N–H and O–H groups in total. The maximum atomic E-state index is 5.08. The van der Waals surface area contributed by atoms with Crippen molar-refractivity contribution in [3.05, 3.63) is 71.8 Å². The van der Waals surface area contributed by atoms with Crippen molar-refractivity contribution in [2.75, 3.05) is 0 Å². The monoisotopic (exact) mass is 1060 g/mol. The Balaban J connectivity index is 0.0000274. The van der Waals surface area contributed by atoms with Gasteiger partial charge in [0.2, 0.25) is 0 Å². The summed E-state index contributed by atoms with van der Waals surface area (Å²) in [5, 5.41) is 0. The van der Waals surface area contributed by atoms with Crippen molar-refractivity contribution >= 4 is 35.0 Å². The number of unbranched alkanes of at least 4 members (excludes halogenated alkanes) is 46. The van der Waals surface area contributed by atoms with Gasteiger partial charge in [0.05, 0.1) is 22.8 Å². The molecule has 2 aromatic carbocycles. The zero-order valence-electron chi connectivity index (χ0n) is 49.8. The Morgan fingerprint density at radius 2 is 0.568 bits per heavy atom. The molecule has 2 nitrogen and oxygen atoms in total. The van der Waals surface area contributed by atoms with Gasteiger partial charge in [0.15, 0.2) is 0 Å². The van der Waals surface area contributed by atoms with Gasteiger partial charge in [0.1, 0.15) is 0 Å². The van der Waals surface area contributed by atoms with Crippen LogP contribution in [-0.4, -0.2) is 11.4 Å². The Morgan fingerprint density at radius 3 is 0.824 bits per heavy atom. The average Bonchev–Trinajstić information content (AvgIpc) is 3.40. The largest absolute Gasteiger partial charge is 0.252 e. The van der Waals surface area contributed by atoms with Crippen LogP contribution in [0.15, 0.2) is 70.7 Å². The van der Waals surface area contributed by atoms with Crippen LogP contribution in [0.25, 0.3) is 12.2 Å². The van der Waals surface area contributed by atoms with E-state index >= 15 is 0 Å². The molecular weight excluding hydrogens is 939 g/mol. The second-order valence-electron chi connectivity index (χ2n) is 22.7. The molecule has 0 fully saturated rings. The number of allylic oxidation sites excluding steroid dienone is 2. The fraction of sp³-hybridized carbons (Fsp3) is 0.746. The minimum Gasteiger partial charge on any atom is -0.252 e. The van der Waals surface area contributed by atoms with Crippen molar-refractivity contribution in [3.63, 3.8) is 0 Å². The van der Waals surface area contributed by atoms with Crippen LogP contribution < -0.4 is 0 Å². The van der Waals surface area contributed by atoms with E-state index in [9.17, 15) is 0 Å². The summed E-state index contributed by atoms with van der Waals surface area (Å²) in [4.78, 5) is 10.1. The molecular formula is C71H122N2Ni. The average molecular weight is 1060 g/mol. The SMILES string of the molecule is CCCCCCCCCCCCCCCCCCCCCCCCCC=Cc1cccc(N=C(C)C(CC)=Nc2cccc(C=CCCCCCCCCCCCCCCCCCCCCCCCCC)c2)c1.[Ni]. The molecule has 2 aromatic rings. The molecule has 0 bridgehead atoms. The molecule has 0 aromatic heterocycles. The Labute approximate surface area is 472 Å². The fourth-order valence-electron chi connectivity index (χ4n) is 10.8. The molecule has 0 aliphatic rings. The smallest absolute Gasteiger partial charge is 0.0639 e. The summed E-state index contributed by atoms with van der Waals surface area (Å²) < 4.78 is 0. The van der Waals surface area contributed by atoms with Crippen molar-refractivity contribution in [2.45, 2.75) is 342 Å². The normalized spacial score (nSPS) is 12.2. The van der Waals surface area contributed by atoms with Gasteiger partial charge in [-0.05, 0) is 74.4 Å². The number of hydrogen-bond acceptors (Lipinski definition) is 2. The van der Waals surface area contributed by atoms with E-state index < -0.39 is 0 Å². The van der Waals surface area contributed by atoms with Crippen molar-refractivity contribution in [3.8, 4) is 0 Å². The third-order valence-electron chi connectivity index (χ3n) is 15.6. The Hall–Kier alpha value is -2.25. The number of nitrogens with zero attached hydrogens (tertiary/aromatic N) is 2. The van der Waals surface area contributed by atoms with E-state index in [0.717, 1.165) is 42.1 Å². The first kappa shape index (κ1) is 69.8. The van der Waals surface area contributed by atoms with E-state index in [0.29, 0.717) is 0 Å². The minimum atomic E-state index is 0. The zero-order chi connectivity index (χ0) is 52.0. The fourth-order valence-corrected chi connectivity index (χ4v) is 10.8. The van der Waals surface area contributed by atoms with Crippen LogP contribution in [0.4, 0.5) is 11.4 Å². The maximum absolute atomic E-state index is 5.08. The third-order valence-corrected chi connectivity index (χ3v) is 15.6. The third kappa shape index (κ3) is 44.8. The van der Waals surface area contributed by atoms with Crippen LogP contribution in [0.5, 0.6) is 0 Å². The number of hydrogen-bond donors (Lipinski definition) is 0. The Morgan fingerprint density at radius 1 is 0.324 bits per heavy atom. The first-order chi connectivity index (χ1) is 36.2. The van der Waals surface area contributed by atoms with Gasteiger partial charge in [-0.15, -0.1) is 0 Å². The first-order valence-electron chi connectivity index (χ1n) is 32.8. The van der Waals surface area contributed by atoms with Crippen LogP contribution in [0.3, 0.4) is 0 Å². The molecule has 0 aliphatic carbocycles. The predicted octanol–water partition coefficient (Wildman–Crippen LogP) is 25.8. The summed E-state index contributed by atoms with van der Waals surface area (Å²) in [7, 11) is 0. The summed E-state index contributed by atoms with van der Waals surface area (Å²) in [5.41, 5.74) is 6.52. The van der Waals surface area contributed by atoms with Crippen molar-refractivity contribution in [2.24, 2.45) is 9.98 Å². The summed E-state index contributed by atoms with van der Waals surface area (Å²) in [6.07, 6.45) is 78.6. The summed E-state index contributed by atoms with van der Waals surface area (Å²) >= 11 is 0. The van der Waals surface area contributed by atoms with Gasteiger partial charge in [-0.25, -0.2) is 0 Å². The minimum absolute atomic E-state index is 0. The van der Waals surface area contributed by atoms with Gasteiger partial charge >= 0.3 is 0 Å². The zero-order valence-corrected chi connectivity index (χ0v) is 50.8. The molecule has 0 spiro atoms. The van der Waals surface area contributed by atoms with Gasteiger partial charge in [0, 0.05) is 16.5 Å². The second kappa shape index (κ2) is 55.5. The van der Waals surface area contributed by atoms with Crippen molar-refractivity contribution in [1.82, 2.24) is 0 Å². The molecule has 2 rings (SSSR count).